The summed E-state index contributed by atoms with van der Waals surface area (Å²) in [5.41, 5.74) is 4.08. The SMILES string of the molecule is C=C(C)CCC(NCCC)c1ccc(CC)cc1. The Labute approximate surface area is 112 Å². The van der Waals surface area contributed by atoms with E-state index in [1.165, 1.54) is 23.1 Å². The molecule has 0 aromatic heterocycles. The van der Waals surface area contributed by atoms with Crippen LogP contribution in [-0.2, 0) is 6.42 Å². The van der Waals surface area contributed by atoms with E-state index >= 15 is 0 Å². The third kappa shape index (κ3) is 5.05. The summed E-state index contributed by atoms with van der Waals surface area (Å²) >= 11 is 0. The fourth-order valence-corrected chi connectivity index (χ4v) is 2.08. The van der Waals surface area contributed by atoms with Gasteiger partial charge in [0.25, 0.3) is 0 Å². The van der Waals surface area contributed by atoms with Crippen LogP contribution in [0.4, 0.5) is 0 Å². The number of benzene rings is 1. The van der Waals surface area contributed by atoms with Gasteiger partial charge in [0.1, 0.15) is 0 Å². The highest BCUT2D eigenvalue weighted by Crippen LogP contribution is 2.21. The van der Waals surface area contributed by atoms with Crippen LogP contribution < -0.4 is 5.32 Å². The second-order valence-electron chi connectivity index (χ2n) is 5.10. The lowest BCUT2D eigenvalue weighted by molar-refractivity contribution is 0.498. The monoisotopic (exact) mass is 245 g/mol. The highest BCUT2D eigenvalue weighted by molar-refractivity contribution is 5.25. The number of hydrogen-bond acceptors (Lipinski definition) is 1. The van der Waals surface area contributed by atoms with Crippen molar-refractivity contribution in [2.45, 2.75) is 52.5 Å². The average molecular weight is 245 g/mol. The summed E-state index contributed by atoms with van der Waals surface area (Å²) in [5, 5.41) is 3.64. The first-order chi connectivity index (χ1) is 8.67. The van der Waals surface area contributed by atoms with E-state index < -0.39 is 0 Å². The van der Waals surface area contributed by atoms with Crippen LogP contribution in [0, 0.1) is 0 Å². The van der Waals surface area contributed by atoms with Crippen LogP contribution in [0.15, 0.2) is 36.4 Å². The summed E-state index contributed by atoms with van der Waals surface area (Å²) in [5.74, 6) is 0. The molecule has 1 rings (SSSR count). The van der Waals surface area contributed by atoms with E-state index in [1.807, 2.05) is 0 Å². The maximum absolute atomic E-state index is 4.00. The van der Waals surface area contributed by atoms with Crippen molar-refractivity contribution in [1.29, 1.82) is 0 Å². The fraction of sp³-hybridized carbons (Fsp3) is 0.529. The van der Waals surface area contributed by atoms with Gasteiger partial charge in [0.15, 0.2) is 0 Å². The molecule has 1 heteroatoms. The minimum atomic E-state index is 0.465. The van der Waals surface area contributed by atoms with Gasteiger partial charge in [0.2, 0.25) is 0 Å². The first-order valence-electron chi connectivity index (χ1n) is 7.14. The van der Waals surface area contributed by atoms with Crippen LogP contribution in [0.25, 0.3) is 0 Å². The molecule has 18 heavy (non-hydrogen) atoms. The van der Waals surface area contributed by atoms with Crippen molar-refractivity contribution < 1.29 is 0 Å². The van der Waals surface area contributed by atoms with E-state index in [0.717, 1.165) is 25.8 Å². The van der Waals surface area contributed by atoms with E-state index in [2.05, 4.69) is 56.9 Å². The molecular formula is C17H27N. The van der Waals surface area contributed by atoms with Gasteiger partial charge in [-0.05, 0) is 50.3 Å². The summed E-state index contributed by atoms with van der Waals surface area (Å²) in [4.78, 5) is 0. The lowest BCUT2D eigenvalue weighted by atomic mass is 9.98. The first-order valence-corrected chi connectivity index (χ1v) is 7.14. The molecule has 0 fully saturated rings. The molecule has 0 saturated heterocycles. The molecule has 1 atom stereocenters. The number of allylic oxidation sites excluding steroid dienone is 1. The topological polar surface area (TPSA) is 12.0 Å². The van der Waals surface area contributed by atoms with Crippen molar-refractivity contribution in [3.63, 3.8) is 0 Å². The lowest BCUT2D eigenvalue weighted by Crippen LogP contribution is -2.22. The molecule has 0 aliphatic rings. The molecule has 0 radical (unpaired) electrons. The lowest BCUT2D eigenvalue weighted by Gasteiger charge is -2.19. The van der Waals surface area contributed by atoms with Crippen LogP contribution >= 0.6 is 0 Å². The fourth-order valence-electron chi connectivity index (χ4n) is 2.08. The van der Waals surface area contributed by atoms with Crippen LogP contribution in [0.2, 0.25) is 0 Å². The van der Waals surface area contributed by atoms with Gasteiger partial charge in [-0.2, -0.15) is 0 Å². The van der Waals surface area contributed by atoms with Crippen LogP contribution in [0.5, 0.6) is 0 Å². The zero-order valence-corrected chi connectivity index (χ0v) is 12.1. The Hall–Kier alpha value is -1.08. The van der Waals surface area contributed by atoms with Gasteiger partial charge in [-0.25, -0.2) is 0 Å². The summed E-state index contributed by atoms with van der Waals surface area (Å²) in [6, 6.07) is 9.50. The van der Waals surface area contributed by atoms with Crippen LogP contribution in [0.3, 0.4) is 0 Å². The standard InChI is InChI=1S/C17H27N/c1-5-13-18-17(12-7-14(3)4)16-10-8-15(6-2)9-11-16/h8-11,17-18H,3,5-7,12-13H2,1-2,4H3. The minimum Gasteiger partial charge on any atom is -0.310 e. The Morgan fingerprint density at radius 3 is 2.39 bits per heavy atom. The maximum Gasteiger partial charge on any atom is 0.0323 e. The highest BCUT2D eigenvalue weighted by Gasteiger charge is 2.10. The summed E-state index contributed by atoms with van der Waals surface area (Å²) in [6.07, 6.45) is 4.52. The first kappa shape index (κ1) is 15.0. The van der Waals surface area contributed by atoms with Gasteiger partial charge in [-0.15, -0.1) is 6.58 Å². The molecule has 1 aromatic carbocycles. The Balaban J connectivity index is 2.69. The normalized spacial score (nSPS) is 12.4. The Morgan fingerprint density at radius 2 is 1.89 bits per heavy atom. The zero-order chi connectivity index (χ0) is 13.4. The van der Waals surface area contributed by atoms with Gasteiger partial charge in [0, 0.05) is 6.04 Å². The minimum absolute atomic E-state index is 0.465. The number of aryl methyl sites for hydroxylation is 1. The van der Waals surface area contributed by atoms with E-state index in [9.17, 15) is 0 Å². The largest absolute Gasteiger partial charge is 0.310 e. The molecule has 0 bridgehead atoms. The van der Waals surface area contributed by atoms with Gasteiger partial charge in [0.05, 0.1) is 0 Å². The van der Waals surface area contributed by atoms with E-state index in [1.54, 1.807) is 0 Å². The molecule has 0 amide bonds. The van der Waals surface area contributed by atoms with Gasteiger partial charge >= 0.3 is 0 Å². The zero-order valence-electron chi connectivity index (χ0n) is 12.1. The average Bonchev–Trinajstić information content (AvgIpc) is 2.39. The Morgan fingerprint density at radius 1 is 1.22 bits per heavy atom. The molecule has 0 aliphatic carbocycles. The molecule has 1 aromatic rings. The molecule has 0 aliphatic heterocycles. The maximum atomic E-state index is 4.00. The summed E-state index contributed by atoms with van der Waals surface area (Å²) in [7, 11) is 0. The third-order valence-corrected chi connectivity index (χ3v) is 3.29. The molecular weight excluding hydrogens is 218 g/mol. The van der Waals surface area contributed by atoms with Gasteiger partial charge in [-0.3, -0.25) is 0 Å². The van der Waals surface area contributed by atoms with E-state index in [4.69, 9.17) is 0 Å². The van der Waals surface area contributed by atoms with E-state index in [-0.39, 0.29) is 0 Å². The van der Waals surface area contributed by atoms with Crippen molar-refractivity contribution in [3.8, 4) is 0 Å². The smallest absolute Gasteiger partial charge is 0.0323 e. The van der Waals surface area contributed by atoms with Crippen molar-refractivity contribution in [2.24, 2.45) is 0 Å². The quantitative estimate of drug-likeness (QED) is 0.658. The van der Waals surface area contributed by atoms with E-state index in [0.29, 0.717) is 6.04 Å². The molecule has 0 spiro atoms. The molecule has 1 N–H and O–H groups in total. The number of rotatable bonds is 8. The third-order valence-electron chi connectivity index (χ3n) is 3.29. The molecule has 1 unspecified atom stereocenters. The Kier molecular flexibility index (Phi) is 6.74. The van der Waals surface area contributed by atoms with Gasteiger partial charge < -0.3 is 5.32 Å². The molecule has 0 saturated carbocycles. The summed E-state index contributed by atoms with van der Waals surface area (Å²) < 4.78 is 0. The predicted molar refractivity (Wildman–Crippen MR) is 80.9 cm³/mol. The van der Waals surface area contributed by atoms with Crippen molar-refractivity contribution >= 4 is 0 Å². The van der Waals surface area contributed by atoms with Crippen molar-refractivity contribution in [1.82, 2.24) is 5.32 Å². The molecule has 1 nitrogen and oxygen atoms in total. The predicted octanol–water partition coefficient (Wildman–Crippen LogP) is 4.65. The van der Waals surface area contributed by atoms with Crippen molar-refractivity contribution in [3.05, 3.63) is 47.5 Å². The van der Waals surface area contributed by atoms with Crippen LogP contribution in [-0.4, -0.2) is 6.54 Å². The molecule has 0 heterocycles. The number of nitrogens with one attached hydrogen (secondary N) is 1. The molecule has 100 valence electrons. The van der Waals surface area contributed by atoms with Crippen LogP contribution in [0.1, 0.15) is 57.2 Å². The van der Waals surface area contributed by atoms with Crippen molar-refractivity contribution in [2.75, 3.05) is 6.54 Å². The van der Waals surface area contributed by atoms with Gasteiger partial charge in [-0.1, -0.05) is 43.7 Å². The summed E-state index contributed by atoms with van der Waals surface area (Å²) in [6.45, 7) is 11.6. The second kappa shape index (κ2) is 8.10. The number of hydrogen-bond donors (Lipinski definition) is 1. The highest BCUT2D eigenvalue weighted by atomic mass is 14.9. The second-order valence-corrected chi connectivity index (χ2v) is 5.10. The Bertz CT molecular complexity index is 350.